The Morgan fingerprint density at radius 3 is 2.27 bits per heavy atom. The SMILES string of the molecule is Brc1ccc([NH][Sb])c(Br)c1Br. The van der Waals surface area contributed by atoms with Gasteiger partial charge in [0.05, 0.1) is 0 Å². The second-order valence-electron chi connectivity index (χ2n) is 1.83. The zero-order chi connectivity index (χ0) is 8.43. The van der Waals surface area contributed by atoms with Crippen LogP contribution in [0.2, 0.25) is 0 Å². The molecule has 1 aromatic rings. The minimum absolute atomic E-state index is 1.04. The molecule has 0 spiro atoms. The Bertz CT molecular complexity index is 277. The van der Waals surface area contributed by atoms with Gasteiger partial charge in [0.25, 0.3) is 0 Å². The van der Waals surface area contributed by atoms with Crippen LogP contribution in [0.3, 0.4) is 0 Å². The van der Waals surface area contributed by atoms with Gasteiger partial charge >= 0.3 is 106 Å². The van der Waals surface area contributed by atoms with Crippen molar-refractivity contribution in [1.82, 2.24) is 0 Å². The van der Waals surface area contributed by atoms with E-state index in [1.54, 1.807) is 23.3 Å². The zero-order valence-electron chi connectivity index (χ0n) is 5.24. The fourth-order valence-corrected chi connectivity index (χ4v) is 2.99. The first-order valence-corrected chi connectivity index (χ1v) is 6.36. The van der Waals surface area contributed by atoms with Gasteiger partial charge in [-0.2, -0.15) is 0 Å². The number of rotatable bonds is 1. The molecule has 58 valence electrons. The van der Waals surface area contributed by atoms with Crippen molar-refractivity contribution >= 4 is 76.8 Å². The van der Waals surface area contributed by atoms with Crippen LogP contribution < -0.4 is 3.48 Å². The molecule has 0 saturated heterocycles. The van der Waals surface area contributed by atoms with E-state index in [1.807, 2.05) is 12.1 Å². The van der Waals surface area contributed by atoms with Gasteiger partial charge < -0.3 is 0 Å². The van der Waals surface area contributed by atoms with E-state index in [4.69, 9.17) is 0 Å². The van der Waals surface area contributed by atoms with Gasteiger partial charge in [-0.25, -0.2) is 0 Å². The molecule has 0 bridgehead atoms. The number of nitrogens with one attached hydrogen (secondary N) is 1. The second-order valence-corrected chi connectivity index (χ2v) is 4.91. The third-order valence-corrected chi connectivity index (χ3v) is 5.22. The van der Waals surface area contributed by atoms with E-state index in [-0.39, 0.29) is 0 Å². The zero-order valence-corrected chi connectivity index (χ0v) is 12.5. The number of benzene rings is 1. The average Bonchev–Trinajstić information content (AvgIpc) is 2.01. The Hall–Kier alpha value is 1.28. The molecule has 0 aromatic heterocycles. The predicted octanol–water partition coefficient (Wildman–Crippen LogP) is 3.47. The first-order valence-electron chi connectivity index (χ1n) is 2.70. The molecular formula is C6H3Br3NSb. The fraction of sp³-hybridized carbons (Fsp3) is 0. The van der Waals surface area contributed by atoms with E-state index >= 15 is 0 Å². The van der Waals surface area contributed by atoms with Gasteiger partial charge in [0.15, 0.2) is 0 Å². The first-order chi connectivity index (χ1) is 5.16. The van der Waals surface area contributed by atoms with E-state index in [2.05, 4.69) is 51.3 Å². The minimum atomic E-state index is 1.04. The summed E-state index contributed by atoms with van der Waals surface area (Å²) in [6.45, 7) is 0. The van der Waals surface area contributed by atoms with E-state index in [1.165, 1.54) is 0 Å². The number of hydrogen-bond acceptors (Lipinski definition) is 1. The fourth-order valence-electron chi connectivity index (χ4n) is 0.612. The quantitative estimate of drug-likeness (QED) is 0.511. The number of halogens is 3. The van der Waals surface area contributed by atoms with Crippen molar-refractivity contribution in [2.24, 2.45) is 0 Å². The molecule has 1 N–H and O–H groups in total. The van der Waals surface area contributed by atoms with Crippen LogP contribution in [0.4, 0.5) is 5.69 Å². The summed E-state index contributed by atoms with van der Waals surface area (Å²) in [7, 11) is 0. The molecule has 5 heteroatoms. The molecule has 1 rings (SSSR count). The Morgan fingerprint density at radius 2 is 1.73 bits per heavy atom. The molecule has 11 heavy (non-hydrogen) atoms. The molecule has 0 heterocycles. The number of anilines is 1. The molecule has 0 aliphatic carbocycles. The maximum absolute atomic E-state index is 3.46. The van der Waals surface area contributed by atoms with Crippen molar-refractivity contribution in [2.45, 2.75) is 0 Å². The van der Waals surface area contributed by atoms with Gasteiger partial charge in [-0.15, -0.1) is 0 Å². The van der Waals surface area contributed by atoms with Crippen molar-refractivity contribution in [2.75, 3.05) is 3.48 Å². The van der Waals surface area contributed by atoms with Crippen LogP contribution in [-0.2, 0) is 0 Å². The standard InChI is InChI=1S/C6H3Br3N.Sb/c7-3-1-2-4(10)6(9)5(3)8;/h1-2,10H;/q-1;+1. The van der Waals surface area contributed by atoms with Crippen LogP contribution in [0.5, 0.6) is 0 Å². The first kappa shape index (κ1) is 10.4. The average molecular weight is 451 g/mol. The van der Waals surface area contributed by atoms with Gasteiger partial charge in [-0.05, 0) is 0 Å². The van der Waals surface area contributed by atoms with Crippen LogP contribution >= 0.6 is 47.8 Å². The van der Waals surface area contributed by atoms with Crippen LogP contribution in [0.25, 0.3) is 0 Å². The van der Waals surface area contributed by atoms with Crippen LogP contribution in [0.15, 0.2) is 25.6 Å². The molecule has 0 atom stereocenters. The molecule has 1 aromatic carbocycles. The summed E-state index contributed by atoms with van der Waals surface area (Å²) in [5, 5.41) is 0. The normalized spacial score (nSPS) is 9.82. The summed E-state index contributed by atoms with van der Waals surface area (Å²) in [5.41, 5.74) is 1.09. The summed E-state index contributed by atoms with van der Waals surface area (Å²) >= 11 is 11.9. The van der Waals surface area contributed by atoms with Gasteiger partial charge in [0.1, 0.15) is 0 Å². The van der Waals surface area contributed by atoms with Gasteiger partial charge in [0, 0.05) is 0 Å². The monoisotopic (exact) mass is 447 g/mol. The van der Waals surface area contributed by atoms with Gasteiger partial charge in [-0.3, -0.25) is 0 Å². The van der Waals surface area contributed by atoms with Crippen LogP contribution in [0.1, 0.15) is 0 Å². The predicted molar refractivity (Wildman–Crippen MR) is 58.9 cm³/mol. The summed E-state index contributed by atoms with van der Waals surface area (Å²) in [6, 6.07) is 4.01. The Balaban J connectivity index is 3.25. The molecule has 0 aliphatic heterocycles. The van der Waals surface area contributed by atoms with Crippen molar-refractivity contribution in [3.63, 3.8) is 0 Å². The van der Waals surface area contributed by atoms with Gasteiger partial charge in [-0.1, -0.05) is 0 Å². The Kier molecular flexibility index (Phi) is 4.23. The summed E-state index contributed by atoms with van der Waals surface area (Å²) in [6.07, 6.45) is 0. The molecule has 0 fully saturated rings. The molecule has 0 amide bonds. The van der Waals surface area contributed by atoms with Crippen molar-refractivity contribution < 1.29 is 0 Å². The Morgan fingerprint density at radius 1 is 1.09 bits per heavy atom. The molecular weight excluding hydrogens is 448 g/mol. The maximum atomic E-state index is 3.46. The molecule has 0 aliphatic rings. The third kappa shape index (κ3) is 2.36. The van der Waals surface area contributed by atoms with E-state index < -0.39 is 0 Å². The molecule has 0 unspecified atom stereocenters. The summed E-state index contributed by atoms with van der Waals surface area (Å²) < 4.78 is 6.25. The molecule has 2 radical (unpaired) electrons. The Labute approximate surface area is 105 Å². The second kappa shape index (κ2) is 4.50. The van der Waals surface area contributed by atoms with Crippen molar-refractivity contribution in [3.05, 3.63) is 25.6 Å². The summed E-state index contributed by atoms with van der Waals surface area (Å²) in [4.78, 5) is 0. The molecule has 0 saturated carbocycles. The summed E-state index contributed by atoms with van der Waals surface area (Å²) in [5.74, 6) is 0. The van der Waals surface area contributed by atoms with Crippen molar-refractivity contribution in [3.8, 4) is 0 Å². The van der Waals surface area contributed by atoms with E-state index in [0.29, 0.717) is 0 Å². The van der Waals surface area contributed by atoms with Gasteiger partial charge in [0.2, 0.25) is 0 Å². The topological polar surface area (TPSA) is 12.0 Å². The number of hydrogen-bond donors (Lipinski definition) is 1. The van der Waals surface area contributed by atoms with E-state index in [9.17, 15) is 0 Å². The molecule has 1 nitrogen and oxygen atoms in total. The van der Waals surface area contributed by atoms with E-state index in [0.717, 1.165) is 19.1 Å². The van der Waals surface area contributed by atoms with Crippen LogP contribution in [-0.4, -0.2) is 23.3 Å². The van der Waals surface area contributed by atoms with Crippen molar-refractivity contribution in [1.29, 1.82) is 0 Å². The van der Waals surface area contributed by atoms with Crippen LogP contribution in [0, 0.1) is 0 Å². The third-order valence-electron chi connectivity index (χ3n) is 1.16.